The van der Waals surface area contributed by atoms with Crippen LogP contribution in [0, 0.1) is 15.5 Å². The van der Waals surface area contributed by atoms with E-state index < -0.39 is 17.9 Å². The molecule has 2 aromatic rings. The molecule has 3 aliphatic heterocycles. The van der Waals surface area contributed by atoms with Gasteiger partial charge in [-0.25, -0.2) is 4.98 Å². The van der Waals surface area contributed by atoms with Crippen molar-refractivity contribution >= 4 is 34.8 Å². The van der Waals surface area contributed by atoms with Crippen molar-refractivity contribution in [1.82, 2.24) is 20.5 Å². The Morgan fingerprint density at radius 2 is 1.53 bits per heavy atom. The molecule has 1 aromatic carbocycles. The third-order valence-corrected chi connectivity index (χ3v) is 9.99. The van der Waals surface area contributed by atoms with Gasteiger partial charge in [-0.05, 0) is 74.6 Å². The number of imide groups is 1. The molecule has 1 saturated carbocycles. The van der Waals surface area contributed by atoms with Crippen LogP contribution in [0.25, 0.3) is 0 Å². The van der Waals surface area contributed by atoms with Crippen LogP contribution in [-0.2, 0) is 9.59 Å². The van der Waals surface area contributed by atoms with Gasteiger partial charge in [0.15, 0.2) is 0 Å². The number of piperidine rings is 2. The Morgan fingerprint density at radius 1 is 0.884 bits per heavy atom. The first-order valence-corrected chi connectivity index (χ1v) is 15.4. The number of amides is 3. The number of nitro benzene ring substituents is 1. The zero-order valence-corrected chi connectivity index (χ0v) is 24.4. The van der Waals surface area contributed by atoms with E-state index in [4.69, 9.17) is 0 Å². The second-order valence-electron chi connectivity index (χ2n) is 12.4. The van der Waals surface area contributed by atoms with Gasteiger partial charge < -0.3 is 15.1 Å². The molecule has 4 aliphatic rings. The number of hydrogen-bond acceptors (Lipinski definition) is 9. The Bertz CT molecular complexity index is 1340. The smallest absolute Gasteiger partial charge is 0.270 e. The van der Waals surface area contributed by atoms with Crippen molar-refractivity contribution in [3.05, 3.63) is 58.4 Å². The van der Waals surface area contributed by atoms with Gasteiger partial charge >= 0.3 is 0 Å². The third-order valence-electron chi connectivity index (χ3n) is 9.99. The van der Waals surface area contributed by atoms with Gasteiger partial charge in [-0.1, -0.05) is 0 Å². The molecule has 2 N–H and O–H groups in total. The second-order valence-corrected chi connectivity index (χ2v) is 12.4. The quantitative estimate of drug-likeness (QED) is 0.296. The lowest BCUT2D eigenvalue weighted by molar-refractivity contribution is -0.384. The first kappa shape index (κ1) is 29.0. The molecule has 228 valence electrons. The van der Waals surface area contributed by atoms with E-state index in [0.29, 0.717) is 17.9 Å². The Balaban J connectivity index is 0.941. The Morgan fingerprint density at radius 3 is 2.14 bits per heavy atom. The number of non-ortho nitro benzene ring substituents is 1. The lowest BCUT2D eigenvalue weighted by atomic mass is 9.66. The summed E-state index contributed by atoms with van der Waals surface area (Å²) in [4.78, 5) is 58.2. The van der Waals surface area contributed by atoms with Gasteiger partial charge in [0.1, 0.15) is 11.7 Å². The minimum Gasteiger partial charge on any atom is -0.370 e. The Hall–Kier alpha value is -4.06. The largest absolute Gasteiger partial charge is 0.370 e. The van der Waals surface area contributed by atoms with Crippen molar-refractivity contribution in [3.63, 3.8) is 0 Å². The lowest BCUT2D eigenvalue weighted by Crippen LogP contribution is -2.52. The third kappa shape index (κ3) is 6.48. The topological polar surface area (TPSA) is 141 Å². The maximum Gasteiger partial charge on any atom is 0.270 e. The van der Waals surface area contributed by atoms with Crippen LogP contribution < -0.4 is 20.4 Å². The van der Waals surface area contributed by atoms with E-state index >= 15 is 0 Å². The number of carbonyl (C=O) groups excluding carboxylic acids is 3. The summed E-state index contributed by atoms with van der Waals surface area (Å²) < 4.78 is 0. The van der Waals surface area contributed by atoms with Crippen LogP contribution >= 0.6 is 0 Å². The fourth-order valence-corrected chi connectivity index (χ4v) is 7.22. The summed E-state index contributed by atoms with van der Waals surface area (Å²) in [6.45, 7) is 5.89. The minimum absolute atomic E-state index is 0.131. The average molecular weight is 590 g/mol. The van der Waals surface area contributed by atoms with Crippen LogP contribution in [0.1, 0.15) is 61.9 Å². The van der Waals surface area contributed by atoms with E-state index in [1.807, 2.05) is 18.2 Å². The molecule has 4 fully saturated rings. The molecule has 12 heteroatoms. The number of pyridine rings is 1. The summed E-state index contributed by atoms with van der Waals surface area (Å²) in [6.07, 6.45) is 9.54. The average Bonchev–Trinajstić information content (AvgIpc) is 3.03. The van der Waals surface area contributed by atoms with Gasteiger partial charge in [0.05, 0.1) is 16.8 Å². The Labute approximate surface area is 251 Å². The van der Waals surface area contributed by atoms with Gasteiger partial charge in [-0.15, -0.1) is 0 Å². The summed E-state index contributed by atoms with van der Waals surface area (Å²) in [5.74, 6) is -1.20. The molecule has 0 radical (unpaired) electrons. The molecule has 12 nitrogen and oxygen atoms in total. The molecule has 4 heterocycles. The number of piperazine rings is 1. The predicted octanol–water partition coefficient (Wildman–Crippen LogP) is 2.88. The monoisotopic (exact) mass is 589 g/mol. The van der Waals surface area contributed by atoms with Crippen molar-refractivity contribution in [1.29, 1.82) is 0 Å². The minimum atomic E-state index is -0.716. The maximum absolute atomic E-state index is 12.6. The molecule has 43 heavy (non-hydrogen) atoms. The summed E-state index contributed by atoms with van der Waals surface area (Å²) in [6, 6.07) is 10.4. The van der Waals surface area contributed by atoms with E-state index in [1.165, 1.54) is 25.7 Å². The molecule has 1 unspecified atom stereocenters. The number of anilines is 2. The van der Waals surface area contributed by atoms with Crippen molar-refractivity contribution < 1.29 is 19.3 Å². The molecule has 1 aliphatic carbocycles. The molecule has 1 spiro atoms. The highest BCUT2D eigenvalue weighted by atomic mass is 16.6. The predicted molar refractivity (Wildman–Crippen MR) is 161 cm³/mol. The molecule has 1 atom stereocenters. The van der Waals surface area contributed by atoms with Gasteiger partial charge in [0.25, 0.3) is 11.6 Å². The van der Waals surface area contributed by atoms with Gasteiger partial charge in [0, 0.05) is 69.6 Å². The SMILES string of the molecule is O=C1CCC(NC(=O)c2ccc(N3CCC4(CCC(N5CCN(c6ccc([N+](=O)[O-])cc6)CC5)CC4)CC3)cn2)C(=O)N1. The highest BCUT2D eigenvalue weighted by molar-refractivity contribution is 6.03. The maximum atomic E-state index is 12.6. The van der Waals surface area contributed by atoms with E-state index in [2.05, 4.69) is 30.3 Å². The van der Waals surface area contributed by atoms with E-state index in [-0.39, 0.29) is 28.6 Å². The van der Waals surface area contributed by atoms with Crippen LogP contribution in [0.15, 0.2) is 42.6 Å². The van der Waals surface area contributed by atoms with E-state index in [1.54, 1.807) is 24.4 Å². The van der Waals surface area contributed by atoms with Crippen LogP contribution in [0.5, 0.6) is 0 Å². The van der Waals surface area contributed by atoms with Crippen molar-refractivity contribution in [2.24, 2.45) is 5.41 Å². The summed E-state index contributed by atoms with van der Waals surface area (Å²) in [5.41, 5.74) is 2.86. The molecular weight excluding hydrogens is 550 g/mol. The number of benzene rings is 1. The number of nitro groups is 1. The van der Waals surface area contributed by atoms with Gasteiger partial charge in [-0.3, -0.25) is 34.7 Å². The highest BCUT2D eigenvalue weighted by Gasteiger charge is 2.40. The molecular formula is C31H39N7O5. The molecule has 3 amide bonds. The molecule has 1 aromatic heterocycles. The number of nitrogens with zero attached hydrogens (tertiary/aromatic N) is 5. The number of rotatable bonds is 6. The lowest BCUT2D eigenvalue weighted by Gasteiger charge is -2.49. The summed E-state index contributed by atoms with van der Waals surface area (Å²) in [5, 5.41) is 15.9. The zero-order chi connectivity index (χ0) is 30.0. The normalized spacial score (nSPS) is 23.2. The Kier molecular flexibility index (Phi) is 8.29. The number of carbonyl (C=O) groups is 3. The fraction of sp³-hybridized carbons (Fsp3) is 0.548. The number of nitrogens with one attached hydrogen (secondary N) is 2. The summed E-state index contributed by atoms with van der Waals surface area (Å²) >= 11 is 0. The highest BCUT2D eigenvalue weighted by Crippen LogP contribution is 2.46. The van der Waals surface area contributed by atoms with Crippen molar-refractivity contribution in [2.75, 3.05) is 49.1 Å². The van der Waals surface area contributed by atoms with Crippen LogP contribution in [0.4, 0.5) is 17.1 Å². The number of hydrogen-bond donors (Lipinski definition) is 2. The number of aromatic nitrogens is 1. The molecule has 3 saturated heterocycles. The fourth-order valence-electron chi connectivity index (χ4n) is 7.22. The van der Waals surface area contributed by atoms with Gasteiger partial charge in [-0.2, -0.15) is 0 Å². The van der Waals surface area contributed by atoms with Gasteiger partial charge in [0.2, 0.25) is 11.8 Å². The first-order chi connectivity index (χ1) is 20.8. The second kappa shape index (κ2) is 12.3. The van der Waals surface area contributed by atoms with Crippen molar-refractivity contribution in [3.8, 4) is 0 Å². The standard InChI is InChI=1S/C31H39N7O5/c39-28-8-7-27(30(41)34-28)33-29(40)26-6-5-25(21-32-26)35-15-13-31(14-16-35)11-9-23(10-12-31)37-19-17-36(18-20-37)22-1-3-24(4-2-22)38(42)43/h1-6,21,23,27H,7-20H2,(H,33,40)(H,34,39,41). The van der Waals surface area contributed by atoms with E-state index in [0.717, 1.165) is 63.5 Å². The first-order valence-electron chi connectivity index (χ1n) is 15.4. The zero-order valence-electron chi connectivity index (χ0n) is 24.4. The van der Waals surface area contributed by atoms with E-state index in [9.17, 15) is 24.5 Å². The van der Waals surface area contributed by atoms with Crippen LogP contribution in [-0.4, -0.2) is 83.9 Å². The van der Waals surface area contributed by atoms with Crippen LogP contribution in [0.3, 0.4) is 0 Å². The van der Waals surface area contributed by atoms with Crippen molar-refractivity contribution in [2.45, 2.75) is 63.5 Å². The van der Waals surface area contributed by atoms with Crippen LogP contribution in [0.2, 0.25) is 0 Å². The molecule has 6 rings (SSSR count). The summed E-state index contributed by atoms with van der Waals surface area (Å²) in [7, 11) is 0. The molecule has 0 bridgehead atoms.